The maximum absolute atomic E-state index is 12.8. The van der Waals surface area contributed by atoms with E-state index in [1.165, 1.54) is 0 Å². The number of rotatable bonds is 5. The smallest absolute Gasteiger partial charge is 0.484 e. The molecule has 0 spiro atoms. The predicted octanol–water partition coefficient (Wildman–Crippen LogP) is 2.28. The zero-order valence-corrected chi connectivity index (χ0v) is 15.5. The molecule has 3 rings (SSSR count). The van der Waals surface area contributed by atoms with Crippen LogP contribution in [0.3, 0.4) is 0 Å². The van der Waals surface area contributed by atoms with Gasteiger partial charge in [0.2, 0.25) is 0 Å². The van der Waals surface area contributed by atoms with E-state index in [1.807, 2.05) is 33.8 Å². The summed E-state index contributed by atoms with van der Waals surface area (Å²) in [5, 5.41) is 2.54. The fourth-order valence-electron chi connectivity index (χ4n) is 2.91. The second-order valence-electron chi connectivity index (χ2n) is 7.98. The Morgan fingerprint density at radius 3 is 2.42 bits per heavy atom. The Morgan fingerprint density at radius 1 is 1.23 bits per heavy atom. The van der Waals surface area contributed by atoms with Gasteiger partial charge in [0, 0.05) is 18.9 Å². The molecule has 142 valence electrons. The van der Waals surface area contributed by atoms with E-state index in [9.17, 15) is 13.6 Å². The van der Waals surface area contributed by atoms with Crippen LogP contribution in [0.15, 0.2) is 24.3 Å². The summed E-state index contributed by atoms with van der Waals surface area (Å²) in [6.07, 6.45) is -0.619. The maximum Gasteiger partial charge on any atom is 0.494 e. The van der Waals surface area contributed by atoms with Crippen molar-refractivity contribution < 1.29 is 27.6 Å². The highest BCUT2D eigenvalue weighted by atomic mass is 19.3. The molecule has 1 aromatic rings. The first-order valence-corrected chi connectivity index (χ1v) is 8.73. The monoisotopic (exact) mass is 367 g/mol. The molecule has 1 saturated carbocycles. The molecule has 8 heteroatoms. The Balaban J connectivity index is 1.54. The van der Waals surface area contributed by atoms with Gasteiger partial charge in [0.15, 0.2) is 6.61 Å². The fourth-order valence-corrected chi connectivity index (χ4v) is 2.91. The Morgan fingerprint density at radius 2 is 1.85 bits per heavy atom. The summed E-state index contributed by atoms with van der Waals surface area (Å²) in [5.74, 6) is -2.58. The van der Waals surface area contributed by atoms with Crippen molar-refractivity contribution in [3.8, 4) is 5.75 Å². The molecule has 0 bridgehead atoms. The second-order valence-corrected chi connectivity index (χ2v) is 7.98. The highest BCUT2D eigenvalue weighted by Gasteiger charge is 2.51. The van der Waals surface area contributed by atoms with Crippen molar-refractivity contribution in [2.75, 3.05) is 6.61 Å². The van der Waals surface area contributed by atoms with Gasteiger partial charge in [0.1, 0.15) is 5.75 Å². The Hall–Kier alpha value is -1.67. The van der Waals surface area contributed by atoms with Crippen LogP contribution in [0.5, 0.6) is 5.75 Å². The first-order chi connectivity index (χ1) is 12.0. The van der Waals surface area contributed by atoms with Crippen LogP contribution in [0.4, 0.5) is 8.78 Å². The molecule has 0 aromatic heterocycles. The topological polar surface area (TPSA) is 56.8 Å². The van der Waals surface area contributed by atoms with Crippen molar-refractivity contribution in [1.82, 2.24) is 5.32 Å². The third-order valence-electron chi connectivity index (χ3n) is 5.21. The van der Waals surface area contributed by atoms with E-state index in [0.29, 0.717) is 5.75 Å². The molecular weight excluding hydrogens is 343 g/mol. The van der Waals surface area contributed by atoms with Gasteiger partial charge in [-0.25, -0.2) is 8.78 Å². The highest BCUT2D eigenvalue weighted by Crippen LogP contribution is 2.37. The van der Waals surface area contributed by atoms with E-state index in [4.69, 9.17) is 14.0 Å². The molecule has 1 heterocycles. The number of amides is 1. The Labute approximate surface area is 152 Å². The largest absolute Gasteiger partial charge is 0.494 e. The number of ether oxygens (including phenoxy) is 1. The first-order valence-electron chi connectivity index (χ1n) is 8.73. The molecule has 0 unspecified atom stereocenters. The summed E-state index contributed by atoms with van der Waals surface area (Å²) in [5.41, 5.74) is -0.0985. The maximum atomic E-state index is 12.8. The normalized spacial score (nSPS) is 23.4. The van der Waals surface area contributed by atoms with Gasteiger partial charge in [0.05, 0.1) is 11.2 Å². The Kier molecular flexibility index (Phi) is 4.77. The minimum Gasteiger partial charge on any atom is -0.484 e. The van der Waals surface area contributed by atoms with Crippen LogP contribution in [0, 0.1) is 0 Å². The Bertz CT molecular complexity index is 672. The highest BCUT2D eigenvalue weighted by molar-refractivity contribution is 6.62. The van der Waals surface area contributed by atoms with Gasteiger partial charge in [-0.3, -0.25) is 4.79 Å². The van der Waals surface area contributed by atoms with Crippen molar-refractivity contribution in [2.45, 2.75) is 63.7 Å². The van der Waals surface area contributed by atoms with Crippen LogP contribution in [0.25, 0.3) is 0 Å². The van der Waals surface area contributed by atoms with Crippen molar-refractivity contribution in [1.29, 1.82) is 0 Å². The second kappa shape index (κ2) is 6.49. The van der Waals surface area contributed by atoms with Crippen molar-refractivity contribution in [3.05, 3.63) is 24.3 Å². The van der Waals surface area contributed by atoms with Crippen molar-refractivity contribution in [2.24, 2.45) is 0 Å². The quantitative estimate of drug-likeness (QED) is 0.812. The lowest BCUT2D eigenvalue weighted by Crippen LogP contribution is -2.51. The number of benzene rings is 1. The summed E-state index contributed by atoms with van der Waals surface area (Å²) >= 11 is 0. The molecule has 1 amide bonds. The fraction of sp³-hybridized carbons (Fsp3) is 0.611. The van der Waals surface area contributed by atoms with Crippen LogP contribution >= 0.6 is 0 Å². The average Bonchev–Trinajstić information content (AvgIpc) is 2.72. The first kappa shape index (κ1) is 19.1. The van der Waals surface area contributed by atoms with Gasteiger partial charge in [-0.15, -0.1) is 0 Å². The number of carbonyl (C=O) groups is 1. The lowest BCUT2D eigenvalue weighted by atomic mass is 9.79. The third-order valence-corrected chi connectivity index (χ3v) is 5.21. The summed E-state index contributed by atoms with van der Waals surface area (Å²) < 4.78 is 43.0. The van der Waals surface area contributed by atoms with Gasteiger partial charge in [-0.05, 0) is 45.3 Å². The molecule has 1 aliphatic heterocycles. The molecule has 1 aromatic carbocycles. The number of carbonyl (C=O) groups excluding carboxylic acids is 1. The van der Waals surface area contributed by atoms with Gasteiger partial charge < -0.3 is 19.4 Å². The molecule has 1 saturated heterocycles. The van der Waals surface area contributed by atoms with Crippen LogP contribution < -0.4 is 15.5 Å². The third kappa shape index (κ3) is 4.01. The summed E-state index contributed by atoms with van der Waals surface area (Å²) in [4.78, 5) is 11.8. The van der Waals surface area contributed by atoms with Crippen LogP contribution in [-0.4, -0.2) is 42.8 Å². The molecule has 1 aliphatic carbocycles. The molecule has 0 radical (unpaired) electrons. The molecule has 1 N–H and O–H groups in total. The summed E-state index contributed by atoms with van der Waals surface area (Å²) in [7, 11) is -0.519. The summed E-state index contributed by atoms with van der Waals surface area (Å²) in [6.45, 7) is 7.67. The van der Waals surface area contributed by atoms with Crippen LogP contribution in [-0.2, 0) is 14.1 Å². The lowest BCUT2D eigenvalue weighted by molar-refractivity contribution is -0.131. The minimum absolute atomic E-state index is 0.227. The number of alkyl halides is 2. The lowest BCUT2D eigenvalue weighted by Gasteiger charge is -2.35. The zero-order chi connectivity index (χ0) is 19.2. The van der Waals surface area contributed by atoms with Gasteiger partial charge >= 0.3 is 7.12 Å². The van der Waals surface area contributed by atoms with E-state index >= 15 is 0 Å². The molecule has 0 atom stereocenters. The molecular formula is C18H24BF2NO4. The summed E-state index contributed by atoms with van der Waals surface area (Å²) in [6, 6.07) is 6.66. The van der Waals surface area contributed by atoms with Crippen molar-refractivity contribution in [3.63, 3.8) is 0 Å². The van der Waals surface area contributed by atoms with E-state index in [1.54, 1.807) is 18.2 Å². The number of hydrogen-bond donors (Lipinski definition) is 1. The molecule has 2 fully saturated rings. The SMILES string of the molecule is CC1(C)OB(c2cccc(OCC(=O)NC3CC(F)(F)C3)c2)OC1(C)C. The van der Waals surface area contributed by atoms with Gasteiger partial charge in [0.25, 0.3) is 11.8 Å². The molecule has 2 aliphatic rings. The van der Waals surface area contributed by atoms with Crippen molar-refractivity contribution >= 4 is 18.5 Å². The standard InChI is InChI=1S/C18H24BF2NO4/c1-16(2)17(3,4)26-19(25-16)12-6-5-7-14(8-12)24-11-15(23)22-13-9-18(20,21)10-13/h5-8,13H,9-11H2,1-4H3,(H,22,23). The molecule has 26 heavy (non-hydrogen) atoms. The van der Waals surface area contributed by atoms with E-state index < -0.39 is 36.2 Å². The van der Waals surface area contributed by atoms with Crippen LogP contribution in [0.1, 0.15) is 40.5 Å². The van der Waals surface area contributed by atoms with Gasteiger partial charge in [-0.1, -0.05) is 12.1 Å². The average molecular weight is 367 g/mol. The van der Waals surface area contributed by atoms with Gasteiger partial charge in [-0.2, -0.15) is 0 Å². The zero-order valence-electron chi connectivity index (χ0n) is 15.5. The van der Waals surface area contributed by atoms with E-state index in [2.05, 4.69) is 5.32 Å². The number of halogens is 2. The number of hydrogen-bond acceptors (Lipinski definition) is 4. The molecule has 5 nitrogen and oxygen atoms in total. The predicted molar refractivity (Wildman–Crippen MR) is 93.8 cm³/mol. The van der Waals surface area contributed by atoms with Crippen LogP contribution in [0.2, 0.25) is 0 Å². The number of nitrogens with one attached hydrogen (secondary N) is 1. The minimum atomic E-state index is -2.66. The van der Waals surface area contributed by atoms with E-state index in [-0.39, 0.29) is 19.4 Å². The van der Waals surface area contributed by atoms with E-state index in [0.717, 1.165) is 5.46 Å².